The second-order valence-electron chi connectivity index (χ2n) is 7.24. The van der Waals surface area contributed by atoms with Gasteiger partial charge in [-0.3, -0.25) is 9.13 Å². The number of hydrogen-bond donors (Lipinski definition) is 0. The van der Waals surface area contributed by atoms with Crippen LogP contribution in [0.25, 0.3) is 16.7 Å². The molecule has 0 atom stereocenters. The lowest BCUT2D eigenvalue weighted by Crippen LogP contribution is -2.27. The molecule has 1 aliphatic rings. The van der Waals surface area contributed by atoms with Gasteiger partial charge in [0.1, 0.15) is 0 Å². The van der Waals surface area contributed by atoms with E-state index in [1.807, 2.05) is 22.9 Å². The lowest BCUT2D eigenvalue weighted by molar-refractivity contribution is 0.342. The second kappa shape index (κ2) is 5.99. The van der Waals surface area contributed by atoms with Crippen LogP contribution in [0.2, 0.25) is 0 Å². The van der Waals surface area contributed by atoms with Crippen LogP contribution in [0.15, 0.2) is 33.3 Å². The second-order valence-corrected chi connectivity index (χ2v) is 7.98. The molecule has 0 radical (unpaired) electrons. The molecule has 3 heterocycles. The van der Waals surface area contributed by atoms with Gasteiger partial charge in [0.25, 0.3) is 0 Å². The summed E-state index contributed by atoms with van der Waals surface area (Å²) in [5.74, 6) is 0. The Morgan fingerprint density at radius 1 is 1.33 bits per heavy atom. The predicted octanol–water partition coefficient (Wildman–Crippen LogP) is 3.67. The van der Waals surface area contributed by atoms with Gasteiger partial charge in [-0.1, -0.05) is 20.8 Å². The molecule has 0 amide bonds. The number of pyridine rings is 1. The van der Waals surface area contributed by atoms with E-state index >= 15 is 0 Å². The van der Waals surface area contributed by atoms with Gasteiger partial charge >= 0.3 is 5.69 Å². The molecule has 0 bridgehead atoms. The number of imidazole rings is 1. The van der Waals surface area contributed by atoms with E-state index in [-0.39, 0.29) is 11.1 Å². The van der Waals surface area contributed by atoms with E-state index in [9.17, 15) is 4.79 Å². The molecule has 6 heteroatoms. The van der Waals surface area contributed by atoms with Crippen LogP contribution in [0, 0.1) is 16.7 Å². The van der Waals surface area contributed by atoms with E-state index < -0.39 is 0 Å². The maximum atomic E-state index is 12.6. The third-order valence-corrected chi connectivity index (χ3v) is 4.73. The zero-order valence-corrected chi connectivity index (χ0v) is 15.1. The minimum absolute atomic E-state index is 0.00576. The molecule has 1 aliphatic heterocycles. The van der Waals surface area contributed by atoms with Gasteiger partial charge in [-0.2, -0.15) is 5.26 Å². The quantitative estimate of drug-likeness (QED) is 0.837. The minimum atomic E-state index is -0.0471. The topological polar surface area (TPSA) is 63.6 Å². The Bertz CT molecular complexity index is 964. The van der Waals surface area contributed by atoms with Crippen molar-refractivity contribution in [3.8, 4) is 6.07 Å². The van der Waals surface area contributed by atoms with Crippen LogP contribution in [0.4, 0.5) is 0 Å². The van der Waals surface area contributed by atoms with E-state index in [0.29, 0.717) is 18.6 Å². The smallest absolute Gasteiger partial charge is 0.290 e. The highest BCUT2D eigenvalue weighted by Crippen LogP contribution is 2.31. The highest BCUT2D eigenvalue weighted by Gasteiger charge is 2.19. The highest BCUT2D eigenvalue weighted by atomic mass is 32.2. The summed E-state index contributed by atoms with van der Waals surface area (Å²) in [5.41, 5.74) is 4.05. The molecular formula is C18H20N4OS. The Morgan fingerprint density at radius 2 is 2.08 bits per heavy atom. The van der Waals surface area contributed by atoms with E-state index in [0.717, 1.165) is 22.4 Å². The number of fused-ring (bicyclic) bond motifs is 1. The Balaban J connectivity index is 2.08. The standard InChI is InChI=1S/C18H20N4OS/c1-18(2,3)11-22-15-6-5-14(20-16(15)21(4)17(22)23)13-7-12(8-19)9-24-10-13/h5-6,9-10H,7,11H2,1-4H3. The first-order valence-electron chi connectivity index (χ1n) is 7.80. The fraction of sp³-hybridized carbons (Fsp3) is 0.389. The SMILES string of the molecule is Cn1c(=O)n(CC(C)(C)C)c2ccc(C3=CSC=C(C#N)C3)nc21. The van der Waals surface area contributed by atoms with Crippen molar-refractivity contribution in [1.29, 1.82) is 5.26 Å². The molecule has 3 rings (SSSR count). The Hall–Kier alpha value is -2.26. The van der Waals surface area contributed by atoms with Gasteiger partial charge in [0.2, 0.25) is 0 Å². The molecule has 0 unspecified atom stereocenters. The molecule has 5 nitrogen and oxygen atoms in total. The zero-order chi connectivity index (χ0) is 17.5. The molecule has 0 aliphatic carbocycles. The number of allylic oxidation sites excluding steroid dienone is 2. The van der Waals surface area contributed by atoms with Crippen LogP contribution in [-0.2, 0) is 13.6 Å². The van der Waals surface area contributed by atoms with Crippen LogP contribution in [0.5, 0.6) is 0 Å². The molecule has 2 aromatic heterocycles. The first-order valence-corrected chi connectivity index (χ1v) is 8.75. The lowest BCUT2D eigenvalue weighted by atomic mass is 9.97. The predicted molar refractivity (Wildman–Crippen MR) is 98.3 cm³/mol. The van der Waals surface area contributed by atoms with Crippen molar-refractivity contribution >= 4 is 28.5 Å². The maximum Gasteiger partial charge on any atom is 0.330 e. The van der Waals surface area contributed by atoms with Gasteiger partial charge < -0.3 is 0 Å². The fourth-order valence-corrected chi connectivity index (χ4v) is 3.52. The van der Waals surface area contributed by atoms with Gasteiger partial charge in [-0.05, 0) is 33.9 Å². The van der Waals surface area contributed by atoms with Crippen LogP contribution >= 0.6 is 11.8 Å². The maximum absolute atomic E-state index is 12.6. The van der Waals surface area contributed by atoms with Crippen molar-refractivity contribution in [2.24, 2.45) is 12.5 Å². The van der Waals surface area contributed by atoms with E-state index in [2.05, 4.69) is 26.8 Å². The normalized spacial score (nSPS) is 15.1. The molecule has 24 heavy (non-hydrogen) atoms. The number of nitrogens with zero attached hydrogens (tertiary/aromatic N) is 4. The van der Waals surface area contributed by atoms with Crippen molar-refractivity contribution in [1.82, 2.24) is 14.1 Å². The summed E-state index contributed by atoms with van der Waals surface area (Å²) >= 11 is 1.50. The molecule has 0 aromatic carbocycles. The van der Waals surface area contributed by atoms with Crippen molar-refractivity contribution < 1.29 is 0 Å². The third-order valence-electron chi connectivity index (χ3n) is 3.89. The number of aryl methyl sites for hydroxylation is 1. The molecule has 0 saturated carbocycles. The van der Waals surface area contributed by atoms with E-state index in [1.165, 1.54) is 11.8 Å². The molecule has 0 saturated heterocycles. The number of rotatable bonds is 2. The summed E-state index contributed by atoms with van der Waals surface area (Å²) in [4.78, 5) is 17.3. The van der Waals surface area contributed by atoms with E-state index in [4.69, 9.17) is 10.2 Å². The number of hydrogen-bond acceptors (Lipinski definition) is 4. The van der Waals surface area contributed by atoms with Gasteiger partial charge in [-0.25, -0.2) is 9.78 Å². The van der Waals surface area contributed by atoms with Crippen molar-refractivity contribution in [2.45, 2.75) is 33.7 Å². The van der Waals surface area contributed by atoms with Crippen LogP contribution in [0.3, 0.4) is 0 Å². The van der Waals surface area contributed by atoms with Crippen molar-refractivity contribution in [2.75, 3.05) is 0 Å². The summed E-state index contributed by atoms with van der Waals surface area (Å²) in [6.07, 6.45) is 0.582. The molecule has 0 N–H and O–H groups in total. The number of thioether (sulfide) groups is 1. The fourth-order valence-electron chi connectivity index (χ4n) is 2.78. The molecule has 124 valence electrons. The molecule has 2 aromatic rings. The van der Waals surface area contributed by atoms with Crippen LogP contribution in [0.1, 0.15) is 32.9 Å². The first kappa shape index (κ1) is 16.6. The number of aromatic nitrogens is 3. The Labute approximate surface area is 145 Å². The monoisotopic (exact) mass is 340 g/mol. The largest absolute Gasteiger partial charge is 0.330 e. The summed E-state index contributed by atoms with van der Waals surface area (Å²) < 4.78 is 3.39. The average Bonchev–Trinajstić information content (AvgIpc) is 2.78. The average molecular weight is 340 g/mol. The minimum Gasteiger partial charge on any atom is -0.290 e. The van der Waals surface area contributed by atoms with Gasteiger partial charge in [0.05, 0.1) is 17.3 Å². The van der Waals surface area contributed by atoms with Crippen molar-refractivity contribution in [3.05, 3.63) is 44.7 Å². The zero-order valence-electron chi connectivity index (χ0n) is 14.3. The van der Waals surface area contributed by atoms with E-state index in [1.54, 1.807) is 16.2 Å². The molecule has 0 spiro atoms. The summed E-state index contributed by atoms with van der Waals surface area (Å²) in [5, 5.41) is 13.0. The summed E-state index contributed by atoms with van der Waals surface area (Å²) in [6.45, 7) is 6.98. The molecule has 0 fully saturated rings. The molecular weight excluding hydrogens is 320 g/mol. The van der Waals surface area contributed by atoms with Gasteiger partial charge in [0.15, 0.2) is 5.65 Å². The first-order chi connectivity index (χ1) is 11.3. The van der Waals surface area contributed by atoms with Gasteiger partial charge in [-0.15, -0.1) is 11.8 Å². The van der Waals surface area contributed by atoms with Crippen LogP contribution in [-0.4, -0.2) is 14.1 Å². The highest BCUT2D eigenvalue weighted by molar-refractivity contribution is 8.05. The van der Waals surface area contributed by atoms with Crippen LogP contribution < -0.4 is 5.69 Å². The summed E-state index contributed by atoms with van der Waals surface area (Å²) in [6, 6.07) is 6.10. The summed E-state index contributed by atoms with van der Waals surface area (Å²) in [7, 11) is 1.76. The third kappa shape index (κ3) is 3.04. The van der Waals surface area contributed by atoms with Gasteiger partial charge in [0, 0.05) is 25.6 Å². The number of nitriles is 1. The Kier molecular flexibility index (Phi) is 4.14. The Morgan fingerprint density at radius 3 is 2.75 bits per heavy atom. The van der Waals surface area contributed by atoms with Crippen molar-refractivity contribution in [3.63, 3.8) is 0 Å². The lowest BCUT2D eigenvalue weighted by Gasteiger charge is -2.18.